The van der Waals surface area contributed by atoms with Crippen LogP contribution in [-0.2, 0) is 19.8 Å². The summed E-state index contributed by atoms with van der Waals surface area (Å²) in [4.78, 5) is 9.23. The first kappa shape index (κ1) is 18.5. The third-order valence-corrected chi connectivity index (χ3v) is 4.09. The summed E-state index contributed by atoms with van der Waals surface area (Å²) >= 11 is 0. The van der Waals surface area contributed by atoms with Crippen molar-refractivity contribution < 1.29 is 22.0 Å². The van der Waals surface area contributed by atoms with Crippen LogP contribution < -0.4 is 5.32 Å². The van der Waals surface area contributed by atoms with E-state index in [1.165, 1.54) is 4.68 Å². The molecule has 0 saturated carbocycles. The van der Waals surface area contributed by atoms with Gasteiger partial charge in [0, 0.05) is 50.7 Å². The van der Waals surface area contributed by atoms with E-state index >= 15 is 0 Å². The van der Waals surface area contributed by atoms with E-state index in [2.05, 4.69) is 20.4 Å². The normalized spacial score (nSPS) is 18.7. The van der Waals surface area contributed by atoms with Crippen LogP contribution in [-0.4, -0.2) is 43.8 Å². The number of anilines is 1. The summed E-state index contributed by atoms with van der Waals surface area (Å²) in [6.45, 7) is 1.40. The quantitative estimate of drug-likeness (QED) is 0.814. The molecule has 1 unspecified atom stereocenters. The Hall–Kier alpha value is -2.30. The average Bonchev–Trinajstić information content (AvgIpc) is 3.13. The number of nitrogens with one attached hydrogen (secondary N) is 1. The van der Waals surface area contributed by atoms with Gasteiger partial charge in [0.25, 0.3) is 6.43 Å². The predicted molar refractivity (Wildman–Crippen MR) is 82.5 cm³/mol. The number of alkyl halides is 5. The van der Waals surface area contributed by atoms with Gasteiger partial charge in [-0.15, -0.1) is 0 Å². The van der Waals surface area contributed by atoms with Crippen molar-refractivity contribution in [2.24, 2.45) is 7.05 Å². The Morgan fingerprint density at radius 3 is 2.81 bits per heavy atom. The van der Waals surface area contributed by atoms with Gasteiger partial charge in [0.1, 0.15) is 11.4 Å². The molecule has 1 N–H and O–H groups in total. The van der Waals surface area contributed by atoms with Crippen LogP contribution in [0.1, 0.15) is 29.8 Å². The molecule has 0 aliphatic carbocycles. The lowest BCUT2D eigenvalue weighted by Crippen LogP contribution is -2.27. The van der Waals surface area contributed by atoms with E-state index in [4.69, 9.17) is 0 Å². The molecule has 2 aromatic heterocycles. The Balaban J connectivity index is 1.61. The maximum Gasteiger partial charge on any atom is 0.433 e. The van der Waals surface area contributed by atoms with Crippen molar-refractivity contribution in [3.05, 3.63) is 35.4 Å². The van der Waals surface area contributed by atoms with Crippen molar-refractivity contribution in [1.29, 1.82) is 0 Å². The van der Waals surface area contributed by atoms with E-state index in [0.717, 1.165) is 12.3 Å². The number of rotatable bonds is 5. The summed E-state index contributed by atoms with van der Waals surface area (Å²) in [5, 5.41) is 6.65. The largest absolute Gasteiger partial charge is 0.433 e. The van der Waals surface area contributed by atoms with Gasteiger partial charge in [-0.25, -0.2) is 18.7 Å². The molecule has 1 aliphatic heterocycles. The molecule has 1 atom stereocenters. The van der Waals surface area contributed by atoms with Gasteiger partial charge in [0.15, 0.2) is 0 Å². The number of hydrogen-bond acceptors (Lipinski definition) is 5. The number of likely N-dealkylation sites (tertiary alicyclic amines) is 1. The minimum absolute atomic E-state index is 0.0960. The second-order valence-corrected chi connectivity index (χ2v) is 6.14. The second-order valence-electron chi connectivity index (χ2n) is 6.14. The van der Waals surface area contributed by atoms with Crippen LogP contribution in [0.25, 0.3) is 0 Å². The van der Waals surface area contributed by atoms with Crippen LogP contribution in [0, 0.1) is 0 Å². The van der Waals surface area contributed by atoms with E-state index in [1.54, 1.807) is 13.2 Å². The van der Waals surface area contributed by atoms with E-state index in [1.807, 2.05) is 4.90 Å². The highest BCUT2D eigenvalue weighted by atomic mass is 19.4. The fourth-order valence-corrected chi connectivity index (χ4v) is 2.96. The van der Waals surface area contributed by atoms with Crippen LogP contribution in [0.3, 0.4) is 0 Å². The van der Waals surface area contributed by atoms with Crippen LogP contribution in [0.5, 0.6) is 0 Å². The van der Waals surface area contributed by atoms with Gasteiger partial charge in [0.05, 0.1) is 0 Å². The van der Waals surface area contributed by atoms with E-state index in [0.29, 0.717) is 31.6 Å². The summed E-state index contributed by atoms with van der Waals surface area (Å²) in [5.41, 5.74) is -0.814. The molecule has 1 fully saturated rings. The van der Waals surface area contributed by atoms with Crippen LogP contribution in [0.15, 0.2) is 18.5 Å². The summed E-state index contributed by atoms with van der Waals surface area (Å²) in [6, 6.07) is 0.644. The summed E-state index contributed by atoms with van der Waals surface area (Å²) in [6.07, 6.45) is -3.94. The fourth-order valence-electron chi connectivity index (χ4n) is 2.96. The Kier molecular flexibility index (Phi) is 5.08. The monoisotopic (exact) mass is 376 g/mol. The van der Waals surface area contributed by atoms with Gasteiger partial charge in [-0.05, 0) is 12.5 Å². The molecule has 6 nitrogen and oxygen atoms in total. The molecule has 11 heteroatoms. The Morgan fingerprint density at radius 1 is 1.35 bits per heavy atom. The van der Waals surface area contributed by atoms with Crippen molar-refractivity contribution in [2.45, 2.75) is 31.6 Å². The molecule has 0 radical (unpaired) electrons. The van der Waals surface area contributed by atoms with Crippen molar-refractivity contribution in [3.8, 4) is 0 Å². The third-order valence-electron chi connectivity index (χ3n) is 4.09. The van der Waals surface area contributed by atoms with E-state index in [-0.39, 0.29) is 17.7 Å². The van der Waals surface area contributed by atoms with Crippen molar-refractivity contribution >= 4 is 5.95 Å². The summed E-state index contributed by atoms with van der Waals surface area (Å²) in [5.74, 6) is -0.0960. The minimum Gasteiger partial charge on any atom is -0.350 e. The zero-order valence-electron chi connectivity index (χ0n) is 13.8. The molecule has 0 spiro atoms. The van der Waals surface area contributed by atoms with Crippen molar-refractivity contribution in [3.63, 3.8) is 0 Å². The average molecular weight is 376 g/mol. The Morgan fingerprint density at radius 2 is 2.12 bits per heavy atom. The van der Waals surface area contributed by atoms with Gasteiger partial charge in [0.2, 0.25) is 5.95 Å². The van der Waals surface area contributed by atoms with Gasteiger partial charge < -0.3 is 5.32 Å². The Labute approximate surface area is 146 Å². The zero-order chi connectivity index (χ0) is 18.9. The smallest absolute Gasteiger partial charge is 0.350 e. The number of halogens is 5. The number of nitrogens with zero attached hydrogens (tertiary/aromatic N) is 5. The van der Waals surface area contributed by atoms with Crippen LogP contribution in [0.4, 0.5) is 27.9 Å². The van der Waals surface area contributed by atoms with Crippen molar-refractivity contribution in [1.82, 2.24) is 24.6 Å². The number of aryl methyl sites for hydroxylation is 1. The molecule has 3 rings (SSSR count). The number of hydrogen-bond donors (Lipinski definition) is 1. The second kappa shape index (κ2) is 7.14. The van der Waals surface area contributed by atoms with E-state index in [9.17, 15) is 22.0 Å². The maximum absolute atomic E-state index is 13.0. The first-order chi connectivity index (χ1) is 12.2. The standard InChI is InChI=1S/C15H17F5N6/c1-25-6-9(12(24-25)13(16)17)7-26-5-3-10(8-26)22-14-21-4-2-11(23-14)15(18,19)20/h2,4,6,10,13H,3,5,7-8H2,1H3,(H,21,22,23). The summed E-state index contributed by atoms with van der Waals surface area (Å²) in [7, 11) is 1.58. The molecule has 142 valence electrons. The van der Waals surface area contributed by atoms with Gasteiger partial charge in [-0.1, -0.05) is 0 Å². The lowest BCUT2D eigenvalue weighted by atomic mass is 10.2. The molecule has 0 bridgehead atoms. The van der Waals surface area contributed by atoms with Crippen molar-refractivity contribution in [2.75, 3.05) is 18.4 Å². The van der Waals surface area contributed by atoms with Gasteiger partial charge >= 0.3 is 6.18 Å². The highest BCUT2D eigenvalue weighted by Gasteiger charge is 2.33. The number of aromatic nitrogens is 4. The maximum atomic E-state index is 13.0. The zero-order valence-corrected chi connectivity index (χ0v) is 13.8. The fraction of sp³-hybridized carbons (Fsp3) is 0.533. The first-order valence-electron chi connectivity index (χ1n) is 7.92. The predicted octanol–water partition coefficient (Wildman–Crippen LogP) is 2.85. The minimum atomic E-state index is -4.53. The van der Waals surface area contributed by atoms with E-state index < -0.39 is 18.3 Å². The highest BCUT2D eigenvalue weighted by molar-refractivity contribution is 5.28. The topological polar surface area (TPSA) is 58.9 Å². The van der Waals surface area contributed by atoms with Crippen LogP contribution in [0.2, 0.25) is 0 Å². The molecule has 0 amide bonds. The highest BCUT2D eigenvalue weighted by Crippen LogP contribution is 2.28. The van der Waals surface area contributed by atoms with Crippen LogP contribution >= 0.6 is 0 Å². The molecule has 1 aliphatic rings. The first-order valence-corrected chi connectivity index (χ1v) is 7.92. The molecule has 1 saturated heterocycles. The summed E-state index contributed by atoms with van der Waals surface area (Å²) < 4.78 is 65.4. The SMILES string of the molecule is Cn1cc(CN2CCC(Nc3nccc(C(F)(F)F)n3)C2)c(C(F)F)n1. The lowest BCUT2D eigenvalue weighted by Gasteiger charge is -2.17. The third kappa shape index (κ3) is 4.26. The Bertz CT molecular complexity index is 759. The molecule has 26 heavy (non-hydrogen) atoms. The van der Waals surface area contributed by atoms with Gasteiger partial charge in [-0.3, -0.25) is 9.58 Å². The van der Waals surface area contributed by atoms with Gasteiger partial charge in [-0.2, -0.15) is 18.3 Å². The lowest BCUT2D eigenvalue weighted by molar-refractivity contribution is -0.141. The molecular weight excluding hydrogens is 359 g/mol. The molecule has 0 aromatic carbocycles. The molecule has 2 aromatic rings. The molecular formula is C15H17F5N6. The molecule has 3 heterocycles.